The standard InChI is InChI=1S/C23H26ClN3O6/c1-4-26(13-16-6-5-7-19-21(16)33-11-10-32-19)23(29)20(14(2)3)25-22(28)15-8-9-17(24)18(12-15)27(30)31/h5-9,12,14,20H,4,10-11,13H2,1-3H3,(H,25,28). The highest BCUT2D eigenvalue weighted by atomic mass is 35.5. The predicted octanol–water partition coefficient (Wildman–Crippen LogP) is 3.82. The number of hydrogen-bond donors (Lipinski definition) is 1. The zero-order chi connectivity index (χ0) is 24.1. The van der Waals surface area contributed by atoms with E-state index in [-0.39, 0.29) is 34.6 Å². The van der Waals surface area contributed by atoms with Gasteiger partial charge in [0.05, 0.1) is 4.92 Å². The molecule has 3 rings (SSSR count). The molecule has 10 heteroatoms. The van der Waals surface area contributed by atoms with E-state index in [1.807, 2.05) is 39.0 Å². The number of nitro benzene ring substituents is 1. The molecule has 0 spiro atoms. The number of nitrogens with zero attached hydrogens (tertiary/aromatic N) is 2. The third-order valence-electron chi connectivity index (χ3n) is 5.33. The summed E-state index contributed by atoms with van der Waals surface area (Å²) in [6, 6.07) is 8.49. The molecule has 1 atom stereocenters. The molecule has 0 aromatic heterocycles. The minimum Gasteiger partial charge on any atom is -0.486 e. The zero-order valence-electron chi connectivity index (χ0n) is 18.7. The lowest BCUT2D eigenvalue weighted by atomic mass is 10.0. The second-order valence-electron chi connectivity index (χ2n) is 7.91. The lowest BCUT2D eigenvalue weighted by Crippen LogP contribution is -2.51. The first-order valence-corrected chi connectivity index (χ1v) is 11.0. The van der Waals surface area contributed by atoms with Gasteiger partial charge >= 0.3 is 0 Å². The predicted molar refractivity (Wildman–Crippen MR) is 123 cm³/mol. The molecule has 1 aliphatic heterocycles. The molecule has 0 saturated heterocycles. The van der Waals surface area contributed by atoms with Gasteiger partial charge < -0.3 is 19.7 Å². The molecule has 0 aliphatic carbocycles. The van der Waals surface area contributed by atoms with Crippen molar-refractivity contribution < 1.29 is 24.0 Å². The van der Waals surface area contributed by atoms with Crippen LogP contribution in [0.4, 0.5) is 5.69 Å². The minimum atomic E-state index is -0.830. The molecule has 33 heavy (non-hydrogen) atoms. The monoisotopic (exact) mass is 475 g/mol. The fourth-order valence-corrected chi connectivity index (χ4v) is 3.73. The summed E-state index contributed by atoms with van der Waals surface area (Å²) in [7, 11) is 0. The Kier molecular flexibility index (Phi) is 7.75. The van der Waals surface area contributed by atoms with Gasteiger partial charge in [0.2, 0.25) is 5.91 Å². The Labute approximate surface area is 196 Å². The van der Waals surface area contributed by atoms with Crippen molar-refractivity contribution in [3.8, 4) is 11.5 Å². The number of halogens is 1. The first-order chi connectivity index (χ1) is 15.7. The molecular weight excluding hydrogens is 450 g/mol. The number of fused-ring (bicyclic) bond motifs is 1. The van der Waals surface area contributed by atoms with Crippen molar-refractivity contribution in [2.24, 2.45) is 5.92 Å². The molecule has 0 bridgehead atoms. The molecule has 0 saturated carbocycles. The summed E-state index contributed by atoms with van der Waals surface area (Å²) in [6.07, 6.45) is 0. The summed E-state index contributed by atoms with van der Waals surface area (Å²) in [5.74, 6) is 0.182. The Balaban J connectivity index is 1.80. The molecule has 1 aliphatic rings. The Hall–Kier alpha value is -3.33. The molecule has 1 N–H and O–H groups in total. The van der Waals surface area contributed by atoms with Crippen LogP contribution in [0.15, 0.2) is 36.4 Å². The van der Waals surface area contributed by atoms with Crippen LogP contribution < -0.4 is 14.8 Å². The largest absolute Gasteiger partial charge is 0.486 e. The van der Waals surface area contributed by atoms with E-state index in [9.17, 15) is 19.7 Å². The van der Waals surface area contributed by atoms with Gasteiger partial charge in [-0.2, -0.15) is 0 Å². The van der Waals surface area contributed by atoms with Crippen LogP contribution in [0, 0.1) is 16.0 Å². The van der Waals surface area contributed by atoms with Crippen LogP contribution in [-0.2, 0) is 11.3 Å². The van der Waals surface area contributed by atoms with Crippen LogP contribution in [0.2, 0.25) is 5.02 Å². The smallest absolute Gasteiger partial charge is 0.288 e. The van der Waals surface area contributed by atoms with Crippen molar-refractivity contribution >= 4 is 29.1 Å². The normalized spacial score (nSPS) is 13.4. The highest BCUT2D eigenvalue weighted by Gasteiger charge is 2.30. The van der Waals surface area contributed by atoms with Gasteiger partial charge in [-0.3, -0.25) is 19.7 Å². The van der Waals surface area contributed by atoms with Gasteiger partial charge in [-0.25, -0.2) is 0 Å². The van der Waals surface area contributed by atoms with Gasteiger partial charge in [-0.05, 0) is 31.0 Å². The molecule has 2 aromatic rings. The number of amides is 2. The molecule has 9 nitrogen and oxygen atoms in total. The fourth-order valence-electron chi connectivity index (χ4n) is 3.54. The summed E-state index contributed by atoms with van der Waals surface area (Å²) >= 11 is 5.84. The van der Waals surface area contributed by atoms with Crippen LogP contribution in [0.1, 0.15) is 36.7 Å². The molecular formula is C23H26ClN3O6. The van der Waals surface area contributed by atoms with Gasteiger partial charge in [0.15, 0.2) is 11.5 Å². The van der Waals surface area contributed by atoms with E-state index in [0.717, 1.165) is 11.6 Å². The van der Waals surface area contributed by atoms with Crippen LogP contribution >= 0.6 is 11.6 Å². The lowest BCUT2D eigenvalue weighted by Gasteiger charge is -2.30. The van der Waals surface area contributed by atoms with E-state index in [4.69, 9.17) is 21.1 Å². The number of carbonyl (C=O) groups excluding carboxylic acids is 2. The van der Waals surface area contributed by atoms with Gasteiger partial charge in [0.1, 0.15) is 24.3 Å². The van der Waals surface area contributed by atoms with E-state index in [1.54, 1.807) is 4.90 Å². The topological polar surface area (TPSA) is 111 Å². The number of nitrogens with one attached hydrogen (secondary N) is 1. The summed E-state index contributed by atoms with van der Waals surface area (Å²) in [5.41, 5.74) is 0.489. The van der Waals surface area contributed by atoms with Crippen molar-refractivity contribution in [2.75, 3.05) is 19.8 Å². The maximum atomic E-state index is 13.4. The Morgan fingerprint density at radius 3 is 2.61 bits per heavy atom. The summed E-state index contributed by atoms with van der Waals surface area (Å²) in [5, 5.41) is 13.8. The van der Waals surface area contributed by atoms with E-state index >= 15 is 0 Å². The number of carbonyl (C=O) groups is 2. The third-order valence-corrected chi connectivity index (χ3v) is 5.65. The first kappa shape index (κ1) is 24.3. The van der Waals surface area contributed by atoms with Crippen molar-refractivity contribution in [3.63, 3.8) is 0 Å². The average Bonchev–Trinajstić information content (AvgIpc) is 2.80. The van der Waals surface area contributed by atoms with Crippen molar-refractivity contribution in [2.45, 2.75) is 33.4 Å². The van der Waals surface area contributed by atoms with Gasteiger partial charge in [0, 0.05) is 30.3 Å². The van der Waals surface area contributed by atoms with E-state index in [2.05, 4.69) is 5.32 Å². The Morgan fingerprint density at radius 2 is 1.94 bits per heavy atom. The number of nitro groups is 1. The van der Waals surface area contributed by atoms with E-state index in [1.165, 1.54) is 12.1 Å². The summed E-state index contributed by atoms with van der Waals surface area (Å²) in [4.78, 5) is 38.3. The van der Waals surface area contributed by atoms with Crippen molar-refractivity contribution in [1.82, 2.24) is 10.2 Å². The highest BCUT2D eigenvalue weighted by Crippen LogP contribution is 2.34. The minimum absolute atomic E-state index is 0.0512. The average molecular weight is 476 g/mol. The maximum Gasteiger partial charge on any atom is 0.288 e. The number of para-hydroxylation sites is 1. The van der Waals surface area contributed by atoms with E-state index in [0.29, 0.717) is 31.3 Å². The quantitative estimate of drug-likeness (QED) is 0.459. The second kappa shape index (κ2) is 10.5. The van der Waals surface area contributed by atoms with Gasteiger partial charge in [-0.1, -0.05) is 37.6 Å². The number of benzene rings is 2. The van der Waals surface area contributed by atoms with Crippen LogP contribution in [0.3, 0.4) is 0 Å². The summed E-state index contributed by atoms with van der Waals surface area (Å²) < 4.78 is 11.4. The van der Waals surface area contributed by atoms with E-state index < -0.39 is 16.9 Å². The van der Waals surface area contributed by atoms with Gasteiger partial charge in [0.25, 0.3) is 11.6 Å². The highest BCUT2D eigenvalue weighted by molar-refractivity contribution is 6.32. The van der Waals surface area contributed by atoms with Crippen molar-refractivity contribution in [3.05, 3.63) is 62.7 Å². The number of hydrogen-bond acceptors (Lipinski definition) is 6. The number of rotatable bonds is 8. The molecule has 0 radical (unpaired) electrons. The fraction of sp³-hybridized carbons (Fsp3) is 0.391. The second-order valence-corrected chi connectivity index (χ2v) is 8.32. The number of ether oxygens (including phenoxy) is 2. The molecule has 0 fully saturated rings. The first-order valence-electron chi connectivity index (χ1n) is 10.6. The molecule has 1 heterocycles. The number of likely N-dealkylation sites (N-methyl/N-ethyl adjacent to an activating group) is 1. The van der Waals surface area contributed by atoms with Crippen LogP contribution in [0.5, 0.6) is 11.5 Å². The Morgan fingerprint density at radius 1 is 1.21 bits per heavy atom. The van der Waals surface area contributed by atoms with Crippen LogP contribution in [-0.4, -0.2) is 47.4 Å². The Bertz CT molecular complexity index is 1060. The zero-order valence-corrected chi connectivity index (χ0v) is 19.4. The van der Waals surface area contributed by atoms with Crippen molar-refractivity contribution in [1.29, 1.82) is 0 Å². The molecule has 2 aromatic carbocycles. The maximum absolute atomic E-state index is 13.4. The molecule has 2 amide bonds. The van der Waals surface area contributed by atoms with Crippen LogP contribution in [0.25, 0.3) is 0 Å². The third kappa shape index (κ3) is 5.54. The lowest BCUT2D eigenvalue weighted by molar-refractivity contribution is -0.384. The summed E-state index contributed by atoms with van der Waals surface area (Å²) in [6.45, 7) is 7.10. The van der Waals surface area contributed by atoms with Gasteiger partial charge in [-0.15, -0.1) is 0 Å². The SMILES string of the molecule is CCN(Cc1cccc2c1OCCO2)C(=O)C(NC(=O)c1ccc(Cl)c([N+](=O)[O-])c1)C(C)C. The molecule has 1 unspecified atom stereocenters. The molecule has 176 valence electrons.